The quantitative estimate of drug-likeness (QED) is 0.897. The van der Waals surface area contributed by atoms with E-state index in [0.29, 0.717) is 6.04 Å². The lowest BCUT2D eigenvalue weighted by molar-refractivity contribution is 0.611. The predicted molar refractivity (Wildman–Crippen MR) is 85.2 cm³/mol. The molecule has 1 heterocycles. The van der Waals surface area contributed by atoms with Gasteiger partial charge in [0.25, 0.3) is 0 Å². The van der Waals surface area contributed by atoms with E-state index >= 15 is 0 Å². The van der Waals surface area contributed by atoms with Crippen molar-refractivity contribution in [3.8, 4) is 0 Å². The van der Waals surface area contributed by atoms with Crippen LogP contribution >= 0.6 is 11.3 Å². The van der Waals surface area contributed by atoms with E-state index in [2.05, 4.69) is 26.1 Å². The Bertz CT molecular complexity index is 627. The molecular weight excluding hydrogens is 283 g/mol. The van der Waals surface area contributed by atoms with Crippen LogP contribution in [0.5, 0.6) is 0 Å². The van der Waals surface area contributed by atoms with E-state index in [4.69, 9.17) is 4.98 Å². The zero-order chi connectivity index (χ0) is 15.0. The molecule has 112 valence electrons. The lowest BCUT2D eigenvalue weighted by atomic mass is 9.85. The van der Waals surface area contributed by atoms with Gasteiger partial charge >= 0.3 is 0 Å². The summed E-state index contributed by atoms with van der Waals surface area (Å²) in [6.45, 7) is 7.28. The highest BCUT2D eigenvalue weighted by molar-refractivity contribution is 7.11. The minimum Gasteiger partial charge on any atom is -0.309 e. The van der Waals surface area contributed by atoms with Gasteiger partial charge in [-0.1, -0.05) is 12.1 Å². The van der Waals surface area contributed by atoms with Gasteiger partial charge in [-0.25, -0.2) is 9.37 Å². The van der Waals surface area contributed by atoms with Gasteiger partial charge in [-0.2, -0.15) is 0 Å². The average Bonchev–Trinajstić information content (AvgIpc) is 3.19. The molecule has 4 heteroatoms. The van der Waals surface area contributed by atoms with Crippen molar-refractivity contribution < 1.29 is 4.39 Å². The van der Waals surface area contributed by atoms with E-state index in [-0.39, 0.29) is 11.2 Å². The summed E-state index contributed by atoms with van der Waals surface area (Å²) in [5.74, 6) is -0.195. The maximum absolute atomic E-state index is 13.1. The molecule has 0 amide bonds. The van der Waals surface area contributed by atoms with Crippen LogP contribution in [-0.4, -0.2) is 11.0 Å². The first-order chi connectivity index (χ1) is 9.96. The van der Waals surface area contributed by atoms with E-state index in [0.717, 1.165) is 22.8 Å². The van der Waals surface area contributed by atoms with Crippen LogP contribution in [0.25, 0.3) is 0 Å². The highest BCUT2D eigenvalue weighted by atomic mass is 32.1. The minimum atomic E-state index is -0.195. The summed E-state index contributed by atoms with van der Waals surface area (Å²) in [7, 11) is 0. The summed E-state index contributed by atoms with van der Waals surface area (Å²) in [5, 5.41) is 4.64. The van der Waals surface area contributed by atoms with E-state index in [1.54, 1.807) is 11.3 Å². The third-order valence-electron chi connectivity index (χ3n) is 4.12. The first-order valence-corrected chi connectivity index (χ1v) is 8.24. The Morgan fingerprint density at radius 1 is 1.29 bits per heavy atom. The second kappa shape index (κ2) is 5.50. The fourth-order valence-electron chi connectivity index (χ4n) is 2.37. The maximum Gasteiger partial charge on any atom is 0.123 e. The molecule has 1 aliphatic carbocycles. The first kappa shape index (κ1) is 14.7. The smallest absolute Gasteiger partial charge is 0.123 e. The number of nitrogens with one attached hydrogen (secondary N) is 1. The number of aromatic nitrogens is 1. The second-order valence-corrected chi connectivity index (χ2v) is 7.40. The molecule has 21 heavy (non-hydrogen) atoms. The van der Waals surface area contributed by atoms with Gasteiger partial charge in [0.2, 0.25) is 0 Å². The number of hydrogen-bond donors (Lipinski definition) is 1. The SMILES string of the molecule is Cc1nc(C(C)(C)c2ccc(F)cc2)sc1CNC1CC1. The lowest BCUT2D eigenvalue weighted by Gasteiger charge is -2.22. The van der Waals surface area contributed by atoms with E-state index in [9.17, 15) is 4.39 Å². The normalized spacial score (nSPS) is 15.4. The van der Waals surface area contributed by atoms with Crippen molar-refractivity contribution in [3.63, 3.8) is 0 Å². The predicted octanol–water partition coefficient (Wildman–Crippen LogP) is 4.17. The van der Waals surface area contributed by atoms with Gasteiger partial charge < -0.3 is 5.32 Å². The number of benzene rings is 1. The molecule has 2 nitrogen and oxygen atoms in total. The van der Waals surface area contributed by atoms with Crippen LogP contribution in [0.15, 0.2) is 24.3 Å². The second-order valence-electron chi connectivity index (χ2n) is 6.31. The molecule has 1 N–H and O–H groups in total. The maximum atomic E-state index is 13.1. The fourth-order valence-corrected chi connectivity index (χ4v) is 3.51. The third kappa shape index (κ3) is 3.16. The molecule has 0 spiro atoms. The number of aryl methyl sites for hydroxylation is 1. The number of hydrogen-bond acceptors (Lipinski definition) is 3. The highest BCUT2D eigenvalue weighted by Crippen LogP contribution is 2.35. The Hall–Kier alpha value is -1.26. The molecule has 3 rings (SSSR count). The number of rotatable bonds is 5. The molecule has 0 radical (unpaired) electrons. The van der Waals surface area contributed by atoms with E-state index in [1.165, 1.54) is 29.9 Å². The van der Waals surface area contributed by atoms with Crippen LogP contribution in [0.4, 0.5) is 4.39 Å². The largest absolute Gasteiger partial charge is 0.309 e. The van der Waals surface area contributed by atoms with Crippen molar-refractivity contribution in [3.05, 3.63) is 51.2 Å². The van der Waals surface area contributed by atoms with E-state index < -0.39 is 0 Å². The van der Waals surface area contributed by atoms with Gasteiger partial charge in [0.1, 0.15) is 10.8 Å². The standard InChI is InChI=1S/C17H21FN2S/c1-11-15(10-19-14-8-9-14)21-16(20-11)17(2,3)12-4-6-13(18)7-5-12/h4-7,14,19H,8-10H2,1-3H3. The minimum absolute atomic E-state index is 0.193. The van der Waals surface area contributed by atoms with Crippen molar-refractivity contribution in [2.24, 2.45) is 0 Å². The molecule has 1 aliphatic rings. The van der Waals surface area contributed by atoms with Crippen LogP contribution in [0, 0.1) is 12.7 Å². The van der Waals surface area contributed by atoms with Crippen LogP contribution in [0.1, 0.15) is 47.8 Å². The number of nitrogens with zero attached hydrogens (tertiary/aromatic N) is 1. The van der Waals surface area contributed by atoms with E-state index in [1.807, 2.05) is 12.1 Å². The van der Waals surface area contributed by atoms with Crippen molar-refractivity contribution in [1.82, 2.24) is 10.3 Å². The van der Waals surface area contributed by atoms with Crippen LogP contribution in [0.3, 0.4) is 0 Å². The summed E-state index contributed by atoms with van der Waals surface area (Å²) in [5.41, 5.74) is 2.01. The van der Waals surface area contributed by atoms with Crippen LogP contribution < -0.4 is 5.32 Å². The van der Waals surface area contributed by atoms with Gasteiger partial charge in [-0.3, -0.25) is 0 Å². The summed E-state index contributed by atoms with van der Waals surface area (Å²) >= 11 is 1.77. The van der Waals surface area contributed by atoms with Crippen molar-refractivity contribution >= 4 is 11.3 Å². The summed E-state index contributed by atoms with van der Waals surface area (Å²) in [4.78, 5) is 6.08. The molecule has 1 saturated carbocycles. The Balaban J connectivity index is 1.83. The van der Waals surface area contributed by atoms with Crippen LogP contribution in [0.2, 0.25) is 0 Å². The third-order valence-corrected chi connectivity index (χ3v) is 5.60. The average molecular weight is 304 g/mol. The summed E-state index contributed by atoms with van der Waals surface area (Å²) < 4.78 is 13.1. The molecule has 0 unspecified atom stereocenters. The Morgan fingerprint density at radius 2 is 1.95 bits per heavy atom. The van der Waals surface area contributed by atoms with Crippen molar-refractivity contribution in [2.75, 3.05) is 0 Å². The topological polar surface area (TPSA) is 24.9 Å². The van der Waals surface area contributed by atoms with Crippen molar-refractivity contribution in [1.29, 1.82) is 0 Å². The van der Waals surface area contributed by atoms with Crippen LogP contribution in [-0.2, 0) is 12.0 Å². The highest BCUT2D eigenvalue weighted by Gasteiger charge is 2.28. The Labute approximate surface area is 129 Å². The number of thiazole rings is 1. The summed E-state index contributed by atoms with van der Waals surface area (Å²) in [6, 6.07) is 7.46. The van der Waals surface area contributed by atoms with Crippen molar-refractivity contribution in [2.45, 2.75) is 51.6 Å². The lowest BCUT2D eigenvalue weighted by Crippen LogP contribution is -2.18. The first-order valence-electron chi connectivity index (χ1n) is 7.43. The molecule has 1 aromatic carbocycles. The molecule has 0 aliphatic heterocycles. The molecule has 0 saturated heterocycles. The molecule has 0 bridgehead atoms. The molecule has 1 fully saturated rings. The summed E-state index contributed by atoms with van der Waals surface area (Å²) in [6.07, 6.45) is 2.59. The van der Waals surface area contributed by atoms with Gasteiger partial charge in [-0.15, -0.1) is 11.3 Å². The van der Waals surface area contributed by atoms with Gasteiger partial charge in [0, 0.05) is 22.9 Å². The molecular formula is C17H21FN2S. The monoisotopic (exact) mass is 304 g/mol. The molecule has 0 atom stereocenters. The Morgan fingerprint density at radius 3 is 2.57 bits per heavy atom. The molecule has 1 aromatic heterocycles. The van der Waals surface area contributed by atoms with Gasteiger partial charge in [0.15, 0.2) is 0 Å². The number of halogens is 1. The molecule has 2 aromatic rings. The van der Waals surface area contributed by atoms with Gasteiger partial charge in [0.05, 0.1) is 5.69 Å². The fraction of sp³-hybridized carbons (Fsp3) is 0.471. The zero-order valence-corrected chi connectivity index (χ0v) is 13.6. The zero-order valence-electron chi connectivity index (χ0n) is 12.7. The van der Waals surface area contributed by atoms with Gasteiger partial charge in [-0.05, 0) is 51.3 Å². The Kier molecular flexibility index (Phi) is 3.84.